The number of thiophene rings is 1. The molecular formula is C9H11NS2. The van der Waals surface area contributed by atoms with Crippen molar-refractivity contribution in [3.8, 4) is 0 Å². The predicted octanol–water partition coefficient (Wildman–Crippen LogP) is 2.31. The molecule has 0 radical (unpaired) electrons. The van der Waals surface area contributed by atoms with Crippen molar-refractivity contribution in [1.29, 1.82) is 0 Å². The molecule has 0 aromatic carbocycles. The topological polar surface area (TPSA) is 26.0 Å². The van der Waals surface area contributed by atoms with Gasteiger partial charge in [0.25, 0.3) is 0 Å². The Bertz CT molecular complexity index is 288. The quantitative estimate of drug-likeness (QED) is 0.592. The van der Waals surface area contributed by atoms with Crippen LogP contribution in [0.1, 0.15) is 10.4 Å². The third kappa shape index (κ3) is 2.43. The maximum atomic E-state index is 5.46. The van der Waals surface area contributed by atoms with E-state index < -0.39 is 0 Å². The number of hydrogen-bond donors (Lipinski definition) is 1. The fourth-order valence-electron chi connectivity index (χ4n) is 1.02. The number of thiocarbonyl (C=S) groups is 1. The standard InChI is InChI=1S/C9H11NS2/c1-2-3-7-4-5-12-8(7)6-9(10)11/h2,4-5H,1,3,6H2,(H2,10,11). The lowest BCUT2D eigenvalue weighted by Gasteiger charge is -1.98. The van der Waals surface area contributed by atoms with E-state index in [0.717, 1.165) is 12.8 Å². The Morgan fingerprint density at radius 3 is 3.08 bits per heavy atom. The van der Waals surface area contributed by atoms with Crippen molar-refractivity contribution >= 4 is 28.5 Å². The Labute approximate surface area is 81.9 Å². The van der Waals surface area contributed by atoms with E-state index >= 15 is 0 Å². The molecule has 0 atom stereocenters. The minimum atomic E-state index is 0.558. The van der Waals surface area contributed by atoms with Gasteiger partial charge in [0.15, 0.2) is 0 Å². The molecule has 1 heterocycles. The van der Waals surface area contributed by atoms with E-state index in [1.807, 2.05) is 6.08 Å². The highest BCUT2D eigenvalue weighted by Gasteiger charge is 2.03. The molecule has 64 valence electrons. The van der Waals surface area contributed by atoms with Gasteiger partial charge in [0.05, 0.1) is 4.99 Å². The zero-order valence-electron chi connectivity index (χ0n) is 6.75. The summed E-state index contributed by atoms with van der Waals surface area (Å²) in [4.78, 5) is 1.82. The van der Waals surface area contributed by atoms with Gasteiger partial charge in [-0.05, 0) is 23.4 Å². The first-order valence-electron chi connectivity index (χ1n) is 3.68. The number of hydrogen-bond acceptors (Lipinski definition) is 2. The molecule has 0 saturated carbocycles. The minimum Gasteiger partial charge on any atom is -0.393 e. The Hall–Kier alpha value is -0.670. The van der Waals surface area contributed by atoms with Crippen LogP contribution in [-0.4, -0.2) is 4.99 Å². The van der Waals surface area contributed by atoms with E-state index in [0.29, 0.717) is 4.99 Å². The van der Waals surface area contributed by atoms with Crippen molar-refractivity contribution in [3.05, 3.63) is 34.5 Å². The lowest BCUT2D eigenvalue weighted by molar-refractivity contribution is 1.23. The first-order valence-corrected chi connectivity index (χ1v) is 4.97. The Morgan fingerprint density at radius 1 is 1.75 bits per heavy atom. The molecule has 0 amide bonds. The summed E-state index contributed by atoms with van der Waals surface area (Å²) in [6, 6.07) is 2.10. The molecule has 1 rings (SSSR count). The van der Waals surface area contributed by atoms with Crippen LogP contribution in [0.25, 0.3) is 0 Å². The van der Waals surface area contributed by atoms with Crippen molar-refractivity contribution in [1.82, 2.24) is 0 Å². The Balaban J connectivity index is 2.76. The number of nitrogens with two attached hydrogens (primary N) is 1. The SMILES string of the molecule is C=CCc1ccsc1CC(N)=S. The molecule has 0 aliphatic carbocycles. The largest absolute Gasteiger partial charge is 0.393 e. The van der Waals surface area contributed by atoms with Gasteiger partial charge in [-0.25, -0.2) is 0 Å². The molecule has 0 aliphatic heterocycles. The molecule has 1 aromatic heterocycles. The smallest absolute Gasteiger partial charge is 0.0780 e. The second kappa shape index (κ2) is 4.38. The van der Waals surface area contributed by atoms with Gasteiger partial charge in [0, 0.05) is 11.3 Å². The van der Waals surface area contributed by atoms with Gasteiger partial charge in [-0.3, -0.25) is 0 Å². The molecule has 0 unspecified atom stereocenters. The molecular weight excluding hydrogens is 186 g/mol. The molecule has 1 nitrogen and oxygen atoms in total. The van der Waals surface area contributed by atoms with Crippen molar-refractivity contribution in [2.75, 3.05) is 0 Å². The maximum absolute atomic E-state index is 5.46. The zero-order valence-corrected chi connectivity index (χ0v) is 8.38. The predicted molar refractivity (Wildman–Crippen MR) is 58.7 cm³/mol. The molecule has 0 bridgehead atoms. The maximum Gasteiger partial charge on any atom is 0.0780 e. The highest BCUT2D eigenvalue weighted by Crippen LogP contribution is 2.18. The first kappa shape index (κ1) is 9.42. The Morgan fingerprint density at radius 2 is 2.50 bits per heavy atom. The molecule has 12 heavy (non-hydrogen) atoms. The van der Waals surface area contributed by atoms with Crippen LogP contribution in [-0.2, 0) is 12.8 Å². The molecule has 1 aromatic rings. The van der Waals surface area contributed by atoms with Crippen LogP contribution in [0.4, 0.5) is 0 Å². The lowest BCUT2D eigenvalue weighted by atomic mass is 10.1. The molecule has 2 N–H and O–H groups in total. The fourth-order valence-corrected chi connectivity index (χ4v) is 2.19. The highest BCUT2D eigenvalue weighted by atomic mass is 32.1. The van der Waals surface area contributed by atoms with Crippen LogP contribution >= 0.6 is 23.6 Å². The van der Waals surface area contributed by atoms with Crippen LogP contribution < -0.4 is 5.73 Å². The van der Waals surface area contributed by atoms with Crippen LogP contribution in [0.5, 0.6) is 0 Å². The molecule has 3 heteroatoms. The Kier molecular flexibility index (Phi) is 3.44. The van der Waals surface area contributed by atoms with Gasteiger partial charge >= 0.3 is 0 Å². The average molecular weight is 197 g/mol. The van der Waals surface area contributed by atoms with E-state index in [9.17, 15) is 0 Å². The lowest BCUT2D eigenvalue weighted by Crippen LogP contribution is -2.10. The summed E-state index contributed by atoms with van der Waals surface area (Å²) in [5.74, 6) is 0. The number of rotatable bonds is 4. The number of allylic oxidation sites excluding steroid dienone is 1. The van der Waals surface area contributed by atoms with E-state index in [2.05, 4.69) is 18.0 Å². The summed E-state index contributed by atoms with van der Waals surface area (Å²) in [7, 11) is 0. The van der Waals surface area contributed by atoms with Gasteiger partial charge in [0.2, 0.25) is 0 Å². The highest BCUT2D eigenvalue weighted by molar-refractivity contribution is 7.80. The summed E-state index contributed by atoms with van der Waals surface area (Å²) in [5, 5.41) is 2.06. The summed E-state index contributed by atoms with van der Waals surface area (Å²) in [6.07, 6.45) is 3.52. The molecule has 0 fully saturated rings. The van der Waals surface area contributed by atoms with Crippen molar-refractivity contribution in [3.63, 3.8) is 0 Å². The minimum absolute atomic E-state index is 0.558. The van der Waals surface area contributed by atoms with Crippen molar-refractivity contribution in [2.45, 2.75) is 12.8 Å². The van der Waals surface area contributed by atoms with Crippen LogP contribution in [0.2, 0.25) is 0 Å². The van der Waals surface area contributed by atoms with Gasteiger partial charge in [-0.2, -0.15) is 0 Å². The fraction of sp³-hybridized carbons (Fsp3) is 0.222. The third-order valence-corrected chi connectivity index (χ3v) is 2.64. The summed E-state index contributed by atoms with van der Waals surface area (Å²) < 4.78 is 0. The third-order valence-electron chi connectivity index (χ3n) is 1.54. The van der Waals surface area contributed by atoms with E-state index in [-0.39, 0.29) is 0 Å². The van der Waals surface area contributed by atoms with Gasteiger partial charge < -0.3 is 5.73 Å². The van der Waals surface area contributed by atoms with Crippen LogP contribution in [0, 0.1) is 0 Å². The normalized spacial score (nSPS) is 9.67. The van der Waals surface area contributed by atoms with Gasteiger partial charge in [-0.1, -0.05) is 18.3 Å². The molecule has 0 spiro atoms. The van der Waals surface area contributed by atoms with Crippen molar-refractivity contribution < 1.29 is 0 Å². The molecule has 0 aliphatic rings. The van der Waals surface area contributed by atoms with Crippen molar-refractivity contribution in [2.24, 2.45) is 5.73 Å². The molecule has 0 saturated heterocycles. The monoisotopic (exact) mass is 197 g/mol. The second-order valence-corrected chi connectivity index (χ2v) is 4.03. The van der Waals surface area contributed by atoms with E-state index in [1.54, 1.807) is 11.3 Å². The first-order chi connectivity index (χ1) is 5.74. The summed E-state index contributed by atoms with van der Waals surface area (Å²) >= 11 is 6.55. The summed E-state index contributed by atoms with van der Waals surface area (Å²) in [6.45, 7) is 3.70. The average Bonchev–Trinajstić information content (AvgIpc) is 2.37. The van der Waals surface area contributed by atoms with Crippen LogP contribution in [0.15, 0.2) is 24.1 Å². The van der Waals surface area contributed by atoms with Crippen LogP contribution in [0.3, 0.4) is 0 Å². The summed E-state index contributed by atoms with van der Waals surface area (Å²) in [5.41, 5.74) is 6.76. The van der Waals surface area contributed by atoms with E-state index in [4.69, 9.17) is 18.0 Å². The second-order valence-electron chi connectivity index (χ2n) is 2.50. The zero-order chi connectivity index (χ0) is 8.97. The van der Waals surface area contributed by atoms with E-state index in [1.165, 1.54) is 10.4 Å². The van der Waals surface area contributed by atoms with Gasteiger partial charge in [0.1, 0.15) is 0 Å². The van der Waals surface area contributed by atoms with Gasteiger partial charge in [-0.15, -0.1) is 17.9 Å².